The molecule has 4 heterocycles. The van der Waals surface area contributed by atoms with Gasteiger partial charge >= 0.3 is 6.09 Å². The molecule has 180 valence electrons. The molecule has 0 radical (unpaired) electrons. The van der Waals surface area contributed by atoms with Crippen molar-refractivity contribution >= 4 is 34.2 Å². The minimum Gasteiger partial charge on any atom is -0.443 e. The van der Waals surface area contributed by atoms with Crippen molar-refractivity contribution in [2.45, 2.75) is 44.6 Å². The van der Waals surface area contributed by atoms with E-state index < -0.39 is 5.60 Å². The molecule has 1 amide bonds. The molecule has 0 unspecified atom stereocenters. The maximum atomic E-state index is 12.9. The average Bonchev–Trinajstić information content (AvgIpc) is 3.13. The molecular formula is C27H30N6O2. The number of aromatic nitrogens is 4. The first-order valence-corrected chi connectivity index (χ1v) is 12.0. The highest BCUT2D eigenvalue weighted by Crippen LogP contribution is 2.56. The van der Waals surface area contributed by atoms with Gasteiger partial charge in [-0.1, -0.05) is 6.07 Å². The first kappa shape index (κ1) is 21.7. The summed E-state index contributed by atoms with van der Waals surface area (Å²) in [5.74, 6) is 0.737. The van der Waals surface area contributed by atoms with E-state index in [1.165, 1.54) is 0 Å². The summed E-state index contributed by atoms with van der Waals surface area (Å²) < 4.78 is 7.46. The van der Waals surface area contributed by atoms with Gasteiger partial charge in [0.15, 0.2) is 0 Å². The molecular weight excluding hydrogens is 440 g/mol. The van der Waals surface area contributed by atoms with Crippen LogP contribution >= 0.6 is 0 Å². The summed E-state index contributed by atoms with van der Waals surface area (Å²) in [6.45, 7) is 6.32. The van der Waals surface area contributed by atoms with Crippen LogP contribution in [0.3, 0.4) is 0 Å². The Labute approximate surface area is 204 Å². The van der Waals surface area contributed by atoms with E-state index in [1.807, 2.05) is 59.7 Å². The van der Waals surface area contributed by atoms with E-state index in [0.29, 0.717) is 6.54 Å². The van der Waals surface area contributed by atoms with Crippen LogP contribution in [-0.4, -0.2) is 45.0 Å². The summed E-state index contributed by atoms with van der Waals surface area (Å²) in [6, 6.07) is 8.65. The fourth-order valence-corrected chi connectivity index (χ4v) is 5.01. The molecule has 1 fully saturated rings. The van der Waals surface area contributed by atoms with Crippen LogP contribution in [-0.2, 0) is 17.2 Å². The van der Waals surface area contributed by atoms with Gasteiger partial charge in [0.25, 0.3) is 0 Å². The Kier molecular flexibility index (Phi) is 4.55. The number of nitrogens with one attached hydrogen (secondary N) is 1. The minimum absolute atomic E-state index is 0.0148. The number of amides is 1. The topological polar surface area (TPSA) is 79.3 Å². The molecule has 8 nitrogen and oxygen atoms in total. The molecule has 1 N–H and O–H groups in total. The number of nitrogens with zero attached hydrogens (tertiary/aromatic N) is 5. The Bertz CT molecular complexity index is 1460. The van der Waals surface area contributed by atoms with Crippen molar-refractivity contribution in [1.29, 1.82) is 0 Å². The van der Waals surface area contributed by atoms with Crippen LogP contribution in [0.2, 0.25) is 0 Å². The lowest BCUT2D eigenvalue weighted by atomic mass is 9.96. The van der Waals surface area contributed by atoms with E-state index in [-0.39, 0.29) is 11.5 Å². The summed E-state index contributed by atoms with van der Waals surface area (Å²) in [6.07, 6.45) is 9.59. The molecule has 6 rings (SSSR count). The molecule has 0 bridgehead atoms. The number of pyridine rings is 1. The third-order valence-electron chi connectivity index (χ3n) is 7.06. The lowest BCUT2D eigenvalue weighted by Gasteiger charge is -2.24. The van der Waals surface area contributed by atoms with Crippen molar-refractivity contribution in [2.24, 2.45) is 7.05 Å². The summed E-state index contributed by atoms with van der Waals surface area (Å²) in [4.78, 5) is 24.9. The van der Waals surface area contributed by atoms with Crippen LogP contribution in [0.25, 0.3) is 22.0 Å². The predicted molar refractivity (Wildman–Crippen MR) is 137 cm³/mol. The summed E-state index contributed by atoms with van der Waals surface area (Å²) in [5, 5.41) is 5.42. The fourth-order valence-electron chi connectivity index (χ4n) is 5.01. The number of aromatic amines is 1. The largest absolute Gasteiger partial charge is 0.443 e. The maximum absolute atomic E-state index is 12.9. The molecule has 3 aromatic heterocycles. The van der Waals surface area contributed by atoms with Gasteiger partial charge in [0.05, 0.1) is 11.9 Å². The number of aryl methyl sites for hydroxylation is 1. The van der Waals surface area contributed by atoms with Crippen molar-refractivity contribution in [3.8, 4) is 11.1 Å². The molecule has 2 aliphatic rings. The second-order valence-electron chi connectivity index (χ2n) is 10.8. The van der Waals surface area contributed by atoms with E-state index in [4.69, 9.17) is 9.72 Å². The molecule has 1 aliphatic carbocycles. The molecule has 0 saturated heterocycles. The third-order valence-corrected chi connectivity index (χ3v) is 7.06. The minimum atomic E-state index is -0.537. The van der Waals surface area contributed by atoms with Gasteiger partial charge in [-0.25, -0.2) is 9.78 Å². The fraction of sp³-hybridized carbons (Fsp3) is 0.370. The number of rotatable bonds is 3. The number of H-pyrrole nitrogens is 1. The van der Waals surface area contributed by atoms with Crippen LogP contribution in [0.1, 0.15) is 39.2 Å². The van der Waals surface area contributed by atoms with Crippen molar-refractivity contribution in [3.05, 3.63) is 54.6 Å². The molecule has 1 saturated carbocycles. The third kappa shape index (κ3) is 3.64. The average molecular weight is 471 g/mol. The Morgan fingerprint density at radius 1 is 1.17 bits per heavy atom. The SMILES string of the molecule is CN(c1ccc2c(-c3cnc4c(c3)C3(CC3)CN4C(=O)OC(C)(C)C)c[nH]c2c1)c1cnn(C)c1. The van der Waals surface area contributed by atoms with Gasteiger partial charge in [-0.05, 0) is 51.8 Å². The van der Waals surface area contributed by atoms with Crippen molar-refractivity contribution in [2.75, 3.05) is 23.4 Å². The first-order valence-electron chi connectivity index (χ1n) is 12.0. The number of anilines is 3. The molecule has 8 heteroatoms. The maximum Gasteiger partial charge on any atom is 0.416 e. The van der Waals surface area contributed by atoms with Gasteiger partial charge in [0.1, 0.15) is 11.4 Å². The zero-order valence-corrected chi connectivity index (χ0v) is 20.8. The monoisotopic (exact) mass is 470 g/mol. The van der Waals surface area contributed by atoms with Crippen LogP contribution in [0.4, 0.5) is 22.0 Å². The summed E-state index contributed by atoms with van der Waals surface area (Å²) >= 11 is 0. The Hall–Kier alpha value is -3.81. The quantitative estimate of drug-likeness (QED) is 0.427. The number of hydrogen-bond acceptors (Lipinski definition) is 5. The lowest BCUT2D eigenvalue weighted by molar-refractivity contribution is 0.0580. The normalized spacial score (nSPS) is 16.1. The molecule has 35 heavy (non-hydrogen) atoms. The van der Waals surface area contributed by atoms with E-state index in [9.17, 15) is 4.79 Å². The van der Waals surface area contributed by atoms with Crippen molar-refractivity contribution in [1.82, 2.24) is 19.7 Å². The lowest BCUT2D eigenvalue weighted by Crippen LogP contribution is -2.37. The number of hydrogen-bond donors (Lipinski definition) is 1. The number of benzene rings is 1. The Balaban J connectivity index is 1.34. The van der Waals surface area contributed by atoms with Crippen LogP contribution in [0, 0.1) is 0 Å². The molecule has 1 spiro atoms. The number of carbonyl (C=O) groups is 1. The summed E-state index contributed by atoms with van der Waals surface area (Å²) in [5.41, 5.74) is 5.97. The van der Waals surface area contributed by atoms with Gasteiger partial charge < -0.3 is 14.6 Å². The highest BCUT2D eigenvalue weighted by molar-refractivity contribution is 5.98. The van der Waals surface area contributed by atoms with Gasteiger partial charge in [0.2, 0.25) is 0 Å². The molecule has 0 atom stereocenters. The van der Waals surface area contributed by atoms with Gasteiger partial charge in [-0.3, -0.25) is 9.58 Å². The summed E-state index contributed by atoms with van der Waals surface area (Å²) in [7, 11) is 3.96. The van der Waals surface area contributed by atoms with Crippen molar-refractivity contribution in [3.63, 3.8) is 0 Å². The Morgan fingerprint density at radius 2 is 1.97 bits per heavy atom. The van der Waals surface area contributed by atoms with Crippen LogP contribution < -0.4 is 9.80 Å². The number of carbonyl (C=O) groups excluding carboxylic acids is 1. The smallest absolute Gasteiger partial charge is 0.416 e. The standard InChI is InChI=1S/C27H30N6O2/c1-26(2,3)35-25(34)33-16-27(8-9-27)22-10-17(12-29-24(22)33)21-14-28-23-11-18(6-7-20(21)23)32(5)19-13-30-31(4)15-19/h6-7,10-15,28H,8-9,16H2,1-5H3. The highest BCUT2D eigenvalue weighted by Gasteiger charge is 2.54. The number of fused-ring (bicyclic) bond motifs is 3. The van der Waals surface area contributed by atoms with Crippen molar-refractivity contribution < 1.29 is 9.53 Å². The van der Waals surface area contributed by atoms with E-state index >= 15 is 0 Å². The van der Waals surface area contributed by atoms with Gasteiger partial charge in [-0.2, -0.15) is 5.10 Å². The van der Waals surface area contributed by atoms with E-state index in [2.05, 4.69) is 39.2 Å². The van der Waals surface area contributed by atoms with Crippen LogP contribution in [0.15, 0.2) is 49.1 Å². The van der Waals surface area contributed by atoms with E-state index in [1.54, 1.807) is 9.58 Å². The first-order chi connectivity index (χ1) is 16.6. The zero-order chi connectivity index (χ0) is 24.5. The highest BCUT2D eigenvalue weighted by atomic mass is 16.6. The molecule has 1 aromatic carbocycles. The zero-order valence-electron chi connectivity index (χ0n) is 20.8. The Morgan fingerprint density at radius 3 is 2.66 bits per heavy atom. The van der Waals surface area contributed by atoms with Gasteiger partial charge in [0, 0.05) is 77.9 Å². The second-order valence-corrected chi connectivity index (χ2v) is 10.8. The number of ether oxygens (including phenoxy) is 1. The molecule has 1 aliphatic heterocycles. The predicted octanol–water partition coefficient (Wildman–Crippen LogP) is 5.52. The second kappa shape index (κ2) is 7.34. The van der Waals surface area contributed by atoms with E-state index in [0.717, 1.165) is 57.6 Å². The van der Waals surface area contributed by atoms with Crippen LogP contribution in [0.5, 0.6) is 0 Å². The van der Waals surface area contributed by atoms with Gasteiger partial charge in [-0.15, -0.1) is 0 Å². The molecule has 4 aromatic rings.